The number of carbonyl (C=O) groups excluding carboxylic acids is 3. The SMILES string of the molecule is CC(C)(C)OC(=O)NC1(C(=O)NC(CC(=O)[O-])c2ccc(Cl)cc2)CCN(c2ncnc3[nH]ccc23)CC1.[Li+]. The number of aliphatic carboxylic acids is 1. The monoisotopic (exact) mass is 548 g/mol. The van der Waals surface area contributed by atoms with Crippen LogP contribution in [0.25, 0.3) is 11.0 Å². The van der Waals surface area contributed by atoms with Gasteiger partial charge < -0.3 is 35.2 Å². The van der Waals surface area contributed by atoms with E-state index in [2.05, 4.69) is 25.6 Å². The molecule has 1 fully saturated rings. The van der Waals surface area contributed by atoms with Crippen LogP contribution in [0.2, 0.25) is 5.02 Å². The van der Waals surface area contributed by atoms with Crippen LogP contribution in [0.3, 0.4) is 0 Å². The molecule has 3 heterocycles. The van der Waals surface area contributed by atoms with Crippen LogP contribution in [0.1, 0.15) is 51.6 Å². The fraction of sp³-hybridized carbons (Fsp3) is 0.423. The Balaban J connectivity index is 0.00000420. The number of carboxylic acid groups (broad SMARTS) is 1. The Bertz CT molecular complexity index is 1320. The molecule has 0 bridgehead atoms. The first-order chi connectivity index (χ1) is 18.0. The molecule has 0 aliphatic carbocycles. The number of ether oxygens (including phenoxy) is 1. The van der Waals surface area contributed by atoms with Crippen molar-refractivity contribution in [2.45, 2.75) is 57.2 Å². The third kappa shape index (κ3) is 7.44. The molecular weight excluding hydrogens is 519 g/mol. The Morgan fingerprint density at radius 3 is 2.44 bits per heavy atom. The molecule has 1 saturated heterocycles. The Morgan fingerprint density at radius 2 is 1.82 bits per heavy atom. The van der Waals surface area contributed by atoms with Crippen LogP contribution in [0.4, 0.5) is 10.6 Å². The number of nitrogens with zero attached hydrogens (tertiary/aromatic N) is 3. The number of alkyl carbamates (subject to hydrolysis) is 1. The average molecular weight is 549 g/mol. The van der Waals surface area contributed by atoms with Gasteiger partial charge in [0.15, 0.2) is 0 Å². The molecule has 0 spiro atoms. The summed E-state index contributed by atoms with van der Waals surface area (Å²) in [6.45, 7) is 5.99. The van der Waals surface area contributed by atoms with E-state index in [0.717, 1.165) is 11.2 Å². The number of anilines is 1. The summed E-state index contributed by atoms with van der Waals surface area (Å²) in [4.78, 5) is 51.9. The Morgan fingerprint density at radius 1 is 1.15 bits per heavy atom. The molecule has 11 nitrogen and oxygen atoms in total. The second kappa shape index (κ2) is 12.3. The molecule has 0 saturated carbocycles. The predicted octanol–water partition coefficient (Wildman–Crippen LogP) is -0.523. The summed E-state index contributed by atoms with van der Waals surface area (Å²) >= 11 is 5.98. The van der Waals surface area contributed by atoms with Crippen LogP contribution in [0, 0.1) is 0 Å². The van der Waals surface area contributed by atoms with Crippen LogP contribution in [0.15, 0.2) is 42.9 Å². The van der Waals surface area contributed by atoms with E-state index < -0.39 is 41.6 Å². The van der Waals surface area contributed by atoms with Gasteiger partial charge in [0.05, 0.1) is 11.4 Å². The zero-order valence-electron chi connectivity index (χ0n) is 22.4. The Hall–Kier alpha value is -3.26. The van der Waals surface area contributed by atoms with Crippen molar-refractivity contribution in [3.8, 4) is 0 Å². The molecule has 39 heavy (non-hydrogen) atoms. The number of aromatic amines is 1. The number of hydrogen-bond donors (Lipinski definition) is 3. The van der Waals surface area contributed by atoms with Crippen molar-refractivity contribution < 1.29 is 43.1 Å². The summed E-state index contributed by atoms with van der Waals surface area (Å²) in [5.41, 5.74) is -0.874. The van der Waals surface area contributed by atoms with Gasteiger partial charge in [0.2, 0.25) is 5.91 Å². The molecule has 13 heteroatoms. The summed E-state index contributed by atoms with van der Waals surface area (Å²) < 4.78 is 5.45. The zero-order valence-corrected chi connectivity index (χ0v) is 23.2. The number of carbonyl (C=O) groups is 3. The van der Waals surface area contributed by atoms with Crippen molar-refractivity contribution in [2.24, 2.45) is 0 Å². The maximum absolute atomic E-state index is 13.8. The van der Waals surface area contributed by atoms with E-state index in [4.69, 9.17) is 16.3 Å². The maximum Gasteiger partial charge on any atom is 1.00 e. The average Bonchev–Trinajstić information content (AvgIpc) is 3.32. The molecule has 0 radical (unpaired) electrons. The van der Waals surface area contributed by atoms with Gasteiger partial charge >= 0.3 is 25.0 Å². The molecule has 1 aliphatic heterocycles. The molecule has 202 valence electrons. The summed E-state index contributed by atoms with van der Waals surface area (Å²) in [5, 5.41) is 18.4. The molecule has 1 atom stereocenters. The van der Waals surface area contributed by atoms with E-state index in [-0.39, 0.29) is 31.7 Å². The molecule has 1 unspecified atom stereocenters. The molecule has 1 aliphatic rings. The number of halogens is 1. The van der Waals surface area contributed by atoms with E-state index >= 15 is 0 Å². The van der Waals surface area contributed by atoms with Gasteiger partial charge in [0, 0.05) is 36.7 Å². The molecule has 3 N–H and O–H groups in total. The molecular formula is C26H30ClLiN6O5. The van der Waals surface area contributed by atoms with Gasteiger partial charge in [-0.1, -0.05) is 23.7 Å². The van der Waals surface area contributed by atoms with Gasteiger partial charge in [-0.15, -0.1) is 0 Å². The number of benzene rings is 1. The topological polar surface area (TPSA) is 152 Å². The Kier molecular flexibility index (Phi) is 9.54. The van der Waals surface area contributed by atoms with Crippen LogP contribution in [-0.2, 0) is 14.3 Å². The third-order valence-corrected chi connectivity index (χ3v) is 6.62. The fourth-order valence-corrected chi connectivity index (χ4v) is 4.66. The van der Waals surface area contributed by atoms with Gasteiger partial charge in [-0.05, 0) is 57.4 Å². The number of rotatable bonds is 7. The van der Waals surface area contributed by atoms with Crippen LogP contribution in [-0.4, -0.2) is 57.2 Å². The second-order valence-electron chi connectivity index (χ2n) is 10.3. The first kappa shape index (κ1) is 30.3. The van der Waals surface area contributed by atoms with Crippen molar-refractivity contribution in [2.75, 3.05) is 18.0 Å². The summed E-state index contributed by atoms with van der Waals surface area (Å²) in [5.74, 6) is -1.12. The van der Waals surface area contributed by atoms with Crippen molar-refractivity contribution in [1.29, 1.82) is 0 Å². The number of nitrogens with one attached hydrogen (secondary N) is 3. The van der Waals surface area contributed by atoms with Gasteiger partial charge in [-0.25, -0.2) is 14.8 Å². The van der Waals surface area contributed by atoms with Gasteiger partial charge in [-0.3, -0.25) is 4.79 Å². The second-order valence-corrected chi connectivity index (χ2v) is 10.7. The van der Waals surface area contributed by atoms with Crippen LogP contribution < -0.4 is 39.5 Å². The molecule has 2 amide bonds. The predicted molar refractivity (Wildman–Crippen MR) is 139 cm³/mol. The minimum Gasteiger partial charge on any atom is -0.550 e. The third-order valence-electron chi connectivity index (χ3n) is 6.37. The zero-order chi connectivity index (χ0) is 27.5. The minimum atomic E-state index is -1.35. The number of H-pyrrole nitrogens is 1. The first-order valence-electron chi connectivity index (χ1n) is 12.3. The van der Waals surface area contributed by atoms with Crippen molar-refractivity contribution in [1.82, 2.24) is 25.6 Å². The Labute approximate surface area is 243 Å². The number of hydrogen-bond acceptors (Lipinski definition) is 8. The number of aromatic nitrogens is 3. The molecule has 2 aromatic heterocycles. The van der Waals surface area contributed by atoms with Crippen LogP contribution >= 0.6 is 11.6 Å². The van der Waals surface area contributed by atoms with E-state index in [9.17, 15) is 19.5 Å². The largest absolute Gasteiger partial charge is 1.00 e. The smallest absolute Gasteiger partial charge is 0.550 e. The van der Waals surface area contributed by atoms with Crippen molar-refractivity contribution in [3.05, 3.63) is 53.4 Å². The summed E-state index contributed by atoms with van der Waals surface area (Å²) in [6.07, 6.45) is 2.52. The van der Waals surface area contributed by atoms with E-state index in [0.29, 0.717) is 29.3 Å². The normalized spacial score (nSPS) is 15.6. The van der Waals surface area contributed by atoms with Crippen molar-refractivity contribution >= 4 is 46.4 Å². The quantitative estimate of drug-likeness (QED) is 0.333. The van der Waals surface area contributed by atoms with Gasteiger partial charge in [0.25, 0.3) is 0 Å². The standard InChI is InChI=1S/C26H31ClN6O5.Li/c1-25(2,3)38-24(37)32-26(23(36)31-19(14-20(34)35)16-4-6-17(27)7-5-16)9-12-33(13-10-26)22-18-8-11-28-21(18)29-15-30-22;/h4-8,11,15,19H,9-10,12-14H2,1-3H3,(H,31,36)(H,32,37)(H,34,35)(H,28,29,30);/q;+1/p-1. The summed E-state index contributed by atoms with van der Waals surface area (Å²) in [6, 6.07) is 7.51. The molecule has 1 aromatic carbocycles. The fourth-order valence-electron chi connectivity index (χ4n) is 4.53. The van der Waals surface area contributed by atoms with Gasteiger partial charge in [0.1, 0.15) is 28.9 Å². The van der Waals surface area contributed by atoms with E-state index in [1.807, 2.05) is 11.0 Å². The van der Waals surface area contributed by atoms with Gasteiger partial charge in [-0.2, -0.15) is 0 Å². The number of piperidine rings is 1. The van der Waals surface area contributed by atoms with E-state index in [1.165, 1.54) is 6.33 Å². The number of amides is 2. The van der Waals surface area contributed by atoms with Crippen molar-refractivity contribution in [3.63, 3.8) is 0 Å². The maximum atomic E-state index is 13.8. The first-order valence-corrected chi connectivity index (χ1v) is 12.6. The molecule has 4 rings (SSSR count). The minimum absolute atomic E-state index is 0. The number of fused-ring (bicyclic) bond motifs is 1. The summed E-state index contributed by atoms with van der Waals surface area (Å²) in [7, 11) is 0. The molecule has 3 aromatic rings. The number of carboxylic acids is 1. The van der Waals surface area contributed by atoms with Crippen LogP contribution in [0.5, 0.6) is 0 Å². The van der Waals surface area contributed by atoms with E-state index in [1.54, 1.807) is 51.2 Å².